The van der Waals surface area contributed by atoms with Crippen molar-refractivity contribution < 1.29 is 9.59 Å². The van der Waals surface area contributed by atoms with Gasteiger partial charge in [0.25, 0.3) is 5.91 Å². The van der Waals surface area contributed by atoms with Gasteiger partial charge < -0.3 is 10.6 Å². The van der Waals surface area contributed by atoms with Gasteiger partial charge in [-0.1, -0.05) is 20.8 Å². The Morgan fingerprint density at radius 3 is 2.64 bits per heavy atom. The minimum atomic E-state index is -0.177. The number of carbonyl (C=O) groups excluding carboxylic acids is 2. The van der Waals surface area contributed by atoms with Crippen molar-refractivity contribution in [2.24, 2.45) is 16.7 Å². The van der Waals surface area contributed by atoms with Crippen LogP contribution >= 0.6 is 11.3 Å². The molecule has 0 aliphatic heterocycles. The average molecular weight is 321 g/mol. The first kappa shape index (κ1) is 15.5. The van der Waals surface area contributed by atoms with E-state index in [9.17, 15) is 9.59 Å². The fourth-order valence-corrected chi connectivity index (χ4v) is 4.98. The standard InChI is InChI=1S/C16H23N3O2S/c1-9(20)17-14-18-11(8-22-14)13(21)19-12-7-10-5-6-16(12,4)15(10,2)3/h8,10,12H,5-7H2,1-4H3,(H,19,21)(H,17,18,20). The minimum absolute atomic E-state index is 0.137. The van der Waals surface area contributed by atoms with Gasteiger partial charge in [-0.25, -0.2) is 4.98 Å². The van der Waals surface area contributed by atoms with E-state index in [0.717, 1.165) is 6.42 Å². The first-order valence-electron chi connectivity index (χ1n) is 7.78. The summed E-state index contributed by atoms with van der Waals surface area (Å²) in [7, 11) is 0. The molecule has 2 bridgehead atoms. The van der Waals surface area contributed by atoms with Crippen molar-refractivity contribution in [1.29, 1.82) is 0 Å². The Bertz CT molecular complexity index is 625. The summed E-state index contributed by atoms with van der Waals surface area (Å²) >= 11 is 1.27. The van der Waals surface area contributed by atoms with Gasteiger partial charge in [0.2, 0.25) is 5.91 Å². The minimum Gasteiger partial charge on any atom is -0.347 e. The molecule has 2 amide bonds. The van der Waals surface area contributed by atoms with Crippen molar-refractivity contribution in [1.82, 2.24) is 10.3 Å². The predicted molar refractivity (Wildman–Crippen MR) is 86.9 cm³/mol. The zero-order chi connectivity index (χ0) is 16.1. The van der Waals surface area contributed by atoms with Gasteiger partial charge in [0.05, 0.1) is 0 Å². The number of amides is 2. The molecule has 2 aliphatic rings. The molecule has 2 fully saturated rings. The summed E-state index contributed by atoms with van der Waals surface area (Å²) in [6.07, 6.45) is 3.49. The summed E-state index contributed by atoms with van der Waals surface area (Å²) < 4.78 is 0. The first-order chi connectivity index (χ1) is 10.2. The van der Waals surface area contributed by atoms with Gasteiger partial charge >= 0.3 is 0 Å². The van der Waals surface area contributed by atoms with Crippen LogP contribution in [0.15, 0.2) is 5.38 Å². The topological polar surface area (TPSA) is 71.1 Å². The fourth-order valence-electron chi connectivity index (χ4n) is 4.24. The first-order valence-corrected chi connectivity index (χ1v) is 8.66. The second-order valence-electron chi connectivity index (χ2n) is 7.36. The molecule has 22 heavy (non-hydrogen) atoms. The smallest absolute Gasteiger partial charge is 0.271 e. The SMILES string of the molecule is CC(=O)Nc1nc(C(=O)NC2CC3CCC2(C)C3(C)C)cs1. The van der Waals surface area contributed by atoms with Crippen LogP contribution in [-0.4, -0.2) is 22.8 Å². The van der Waals surface area contributed by atoms with E-state index in [1.54, 1.807) is 5.38 Å². The Labute approximate surface area is 134 Å². The lowest BCUT2D eigenvalue weighted by Crippen LogP contribution is -2.46. The van der Waals surface area contributed by atoms with Crippen molar-refractivity contribution in [3.05, 3.63) is 11.1 Å². The Hall–Kier alpha value is -1.43. The van der Waals surface area contributed by atoms with Crippen LogP contribution in [0.5, 0.6) is 0 Å². The predicted octanol–water partition coefficient (Wildman–Crippen LogP) is 3.05. The number of fused-ring (bicyclic) bond motifs is 2. The highest BCUT2D eigenvalue weighted by Gasteiger charge is 2.61. The summed E-state index contributed by atoms with van der Waals surface area (Å²) in [5, 5.41) is 7.96. The van der Waals surface area contributed by atoms with Gasteiger partial charge in [-0.15, -0.1) is 11.3 Å². The molecule has 0 spiro atoms. The number of nitrogens with one attached hydrogen (secondary N) is 2. The van der Waals surface area contributed by atoms with E-state index in [0.29, 0.717) is 16.7 Å². The van der Waals surface area contributed by atoms with E-state index in [2.05, 4.69) is 36.4 Å². The molecule has 1 aromatic rings. The maximum atomic E-state index is 12.4. The maximum absolute atomic E-state index is 12.4. The van der Waals surface area contributed by atoms with Crippen LogP contribution in [0.4, 0.5) is 5.13 Å². The maximum Gasteiger partial charge on any atom is 0.271 e. The van der Waals surface area contributed by atoms with E-state index in [4.69, 9.17) is 0 Å². The molecule has 0 aromatic carbocycles. The van der Waals surface area contributed by atoms with Crippen LogP contribution in [0.1, 0.15) is 57.4 Å². The summed E-state index contributed by atoms with van der Waals surface area (Å²) in [5.74, 6) is 0.374. The summed E-state index contributed by atoms with van der Waals surface area (Å²) in [6.45, 7) is 8.39. The normalized spacial score (nSPS) is 32.0. The highest BCUT2D eigenvalue weighted by molar-refractivity contribution is 7.14. The molecule has 1 aromatic heterocycles. The third-order valence-electron chi connectivity index (χ3n) is 6.12. The highest BCUT2D eigenvalue weighted by atomic mass is 32.1. The van der Waals surface area contributed by atoms with E-state index >= 15 is 0 Å². The molecule has 2 N–H and O–H groups in total. The summed E-state index contributed by atoms with van der Waals surface area (Å²) in [6, 6.07) is 0.208. The molecule has 3 atom stereocenters. The lowest BCUT2D eigenvalue weighted by atomic mass is 9.69. The zero-order valence-electron chi connectivity index (χ0n) is 13.5. The molecule has 6 heteroatoms. The molecule has 1 heterocycles. The van der Waals surface area contributed by atoms with E-state index in [1.165, 1.54) is 31.1 Å². The van der Waals surface area contributed by atoms with Crippen molar-refractivity contribution in [3.63, 3.8) is 0 Å². The molecule has 2 aliphatic carbocycles. The van der Waals surface area contributed by atoms with Crippen LogP contribution in [0.25, 0.3) is 0 Å². The average Bonchev–Trinajstić information content (AvgIpc) is 3.01. The van der Waals surface area contributed by atoms with Crippen LogP contribution in [0, 0.1) is 16.7 Å². The lowest BCUT2D eigenvalue weighted by molar-refractivity contribution is -0.114. The lowest BCUT2D eigenvalue weighted by Gasteiger charge is -2.39. The van der Waals surface area contributed by atoms with Crippen LogP contribution in [0.2, 0.25) is 0 Å². The van der Waals surface area contributed by atoms with E-state index in [1.807, 2.05) is 0 Å². The largest absolute Gasteiger partial charge is 0.347 e. The van der Waals surface area contributed by atoms with Crippen molar-refractivity contribution in [2.45, 2.75) is 53.0 Å². The number of carbonyl (C=O) groups is 2. The molecule has 0 saturated heterocycles. The second-order valence-corrected chi connectivity index (χ2v) is 8.21. The number of nitrogens with zero attached hydrogens (tertiary/aromatic N) is 1. The molecule has 0 radical (unpaired) electrons. The summed E-state index contributed by atoms with van der Waals surface area (Å²) in [4.78, 5) is 27.7. The number of hydrogen-bond acceptors (Lipinski definition) is 4. The van der Waals surface area contributed by atoms with Crippen LogP contribution < -0.4 is 10.6 Å². The third-order valence-corrected chi connectivity index (χ3v) is 6.88. The van der Waals surface area contributed by atoms with Gasteiger partial charge in [-0.2, -0.15) is 0 Å². The van der Waals surface area contributed by atoms with Gasteiger partial charge in [0, 0.05) is 18.3 Å². The molecule has 5 nitrogen and oxygen atoms in total. The molecular formula is C16H23N3O2S. The number of hydrogen-bond donors (Lipinski definition) is 2. The van der Waals surface area contributed by atoms with Crippen molar-refractivity contribution in [2.75, 3.05) is 5.32 Å². The number of thiazole rings is 1. The van der Waals surface area contributed by atoms with Crippen LogP contribution in [-0.2, 0) is 4.79 Å². The number of aromatic nitrogens is 1. The van der Waals surface area contributed by atoms with Crippen molar-refractivity contribution in [3.8, 4) is 0 Å². The molecule has 2 saturated carbocycles. The Kier molecular flexibility index (Phi) is 3.55. The molecule has 3 rings (SSSR count). The van der Waals surface area contributed by atoms with Crippen molar-refractivity contribution >= 4 is 28.3 Å². The quantitative estimate of drug-likeness (QED) is 0.899. The van der Waals surface area contributed by atoms with E-state index < -0.39 is 0 Å². The van der Waals surface area contributed by atoms with E-state index in [-0.39, 0.29) is 28.7 Å². The zero-order valence-corrected chi connectivity index (χ0v) is 14.3. The Balaban J connectivity index is 1.70. The van der Waals surface area contributed by atoms with Gasteiger partial charge in [0.1, 0.15) is 5.69 Å². The fraction of sp³-hybridized carbons (Fsp3) is 0.688. The molecule has 3 unspecified atom stereocenters. The Morgan fingerprint density at radius 1 is 1.36 bits per heavy atom. The molecule has 120 valence electrons. The molecular weight excluding hydrogens is 298 g/mol. The third kappa shape index (κ3) is 2.24. The van der Waals surface area contributed by atoms with Gasteiger partial charge in [0.15, 0.2) is 5.13 Å². The van der Waals surface area contributed by atoms with Gasteiger partial charge in [-0.05, 0) is 36.0 Å². The number of anilines is 1. The highest BCUT2D eigenvalue weighted by Crippen LogP contribution is 2.65. The summed E-state index contributed by atoms with van der Waals surface area (Å²) in [5.41, 5.74) is 0.816. The monoisotopic (exact) mass is 321 g/mol. The van der Waals surface area contributed by atoms with Crippen LogP contribution in [0.3, 0.4) is 0 Å². The Morgan fingerprint density at radius 2 is 2.09 bits per heavy atom. The van der Waals surface area contributed by atoms with Gasteiger partial charge in [-0.3, -0.25) is 9.59 Å². The second kappa shape index (κ2) is 5.05. The number of rotatable bonds is 3.